The molecular weight excluding hydrogens is 886 g/mol. The Labute approximate surface area is 338 Å². The molecule has 2 aliphatic rings. The standard InChI is InChI=1S/C29H41.C13H8Br2.C5H5.2ClH.Zr/c1-26(2,3)22-14-18-13-19-15-23(27(4,5)6)25(29(10,11)12)17-21(19)20(18)16-24(22)28(7,8)9;14-12-5-1-3-10(8-12)7-11-4-2-6-13(15)9-11;1-2-4-5-3-1;;;/h13-17H,1-12H3;1-6,8-9H;1-5H;2*1H;/q;;;;;+2/p-2. The van der Waals surface area contributed by atoms with Gasteiger partial charge < -0.3 is 0 Å². The number of fused-ring (bicyclic) bond motifs is 3. The van der Waals surface area contributed by atoms with Crippen molar-refractivity contribution in [2.24, 2.45) is 0 Å². The van der Waals surface area contributed by atoms with Crippen molar-refractivity contribution in [3.05, 3.63) is 151 Å². The van der Waals surface area contributed by atoms with Crippen molar-refractivity contribution >= 4 is 52.1 Å². The SMILES string of the molecule is CC(C)(C)c1cc2c(cc1C(C)(C)C)[CH]([Zr]([Cl])([Cl])(=[C](c1cccc(Br)c1)c1cccc(Br)c1)[CH]1C=CC=C1)c1cc(C(C)(C)C)c(C(C)(C)C)cc1-2. The monoisotopic (exact) mass is 936 g/mol. The summed E-state index contributed by atoms with van der Waals surface area (Å²) in [6, 6.07) is 27.3. The van der Waals surface area contributed by atoms with Gasteiger partial charge in [-0.05, 0) is 0 Å². The summed E-state index contributed by atoms with van der Waals surface area (Å²) in [7, 11) is 18.0. The molecule has 6 rings (SSSR count). The van der Waals surface area contributed by atoms with Crippen LogP contribution in [0.2, 0.25) is 3.63 Å². The van der Waals surface area contributed by atoms with Gasteiger partial charge in [-0.3, -0.25) is 0 Å². The van der Waals surface area contributed by atoms with Gasteiger partial charge in [0, 0.05) is 0 Å². The van der Waals surface area contributed by atoms with Crippen molar-refractivity contribution in [1.29, 1.82) is 0 Å². The van der Waals surface area contributed by atoms with Crippen LogP contribution in [0.1, 0.15) is 131 Å². The van der Waals surface area contributed by atoms with E-state index in [2.05, 4.69) is 212 Å². The van der Waals surface area contributed by atoms with Gasteiger partial charge in [-0.2, -0.15) is 0 Å². The minimum absolute atomic E-state index is 0.0606. The van der Waals surface area contributed by atoms with E-state index in [1.165, 1.54) is 44.5 Å². The summed E-state index contributed by atoms with van der Waals surface area (Å²) < 4.78 is 2.74. The minimum atomic E-state index is -5.60. The molecule has 0 N–H and O–H groups in total. The predicted octanol–water partition coefficient (Wildman–Crippen LogP) is 15.7. The molecule has 0 amide bonds. The van der Waals surface area contributed by atoms with Crippen LogP contribution in [0.25, 0.3) is 11.1 Å². The third-order valence-corrected chi connectivity index (χ3v) is 31.8. The number of halogens is 4. The van der Waals surface area contributed by atoms with Crippen LogP contribution in [-0.4, -0.2) is 3.21 Å². The fourth-order valence-electron chi connectivity index (χ4n) is 8.69. The summed E-state index contributed by atoms with van der Waals surface area (Å²) in [5, 5.41) is 0. The van der Waals surface area contributed by atoms with E-state index in [0.29, 0.717) is 0 Å². The van der Waals surface area contributed by atoms with Crippen LogP contribution in [0.5, 0.6) is 0 Å². The first kappa shape index (κ1) is 40.3. The van der Waals surface area contributed by atoms with Crippen LogP contribution in [0.15, 0.2) is 106 Å². The first-order valence-corrected chi connectivity index (χ1v) is 30.5. The summed E-state index contributed by atoms with van der Waals surface area (Å²) in [6.07, 6.45) is 8.85. The van der Waals surface area contributed by atoms with E-state index in [0.717, 1.165) is 23.3 Å². The second-order valence-corrected chi connectivity index (χ2v) is 41.8. The number of hydrogen-bond acceptors (Lipinski definition) is 0. The maximum absolute atomic E-state index is 9.00. The Kier molecular flexibility index (Phi) is 10.4. The number of benzene rings is 4. The predicted molar refractivity (Wildman–Crippen MR) is 234 cm³/mol. The van der Waals surface area contributed by atoms with Crippen LogP contribution < -0.4 is 0 Å². The molecule has 4 aromatic rings. The normalized spacial score (nSPS) is 15.7. The molecule has 0 atom stereocenters. The van der Waals surface area contributed by atoms with Gasteiger partial charge in [0.1, 0.15) is 0 Å². The van der Waals surface area contributed by atoms with E-state index in [4.69, 9.17) is 17.0 Å². The van der Waals surface area contributed by atoms with E-state index >= 15 is 0 Å². The molecule has 0 heterocycles. The van der Waals surface area contributed by atoms with Gasteiger partial charge in [-0.25, -0.2) is 0 Å². The van der Waals surface area contributed by atoms with Crippen molar-refractivity contribution in [2.75, 3.05) is 0 Å². The third kappa shape index (κ3) is 7.00. The molecule has 0 radical (unpaired) electrons. The average Bonchev–Trinajstić information content (AvgIpc) is 3.66. The fourth-order valence-corrected chi connectivity index (χ4v) is 28.8. The topological polar surface area (TPSA) is 0 Å². The number of rotatable bonds is 4. The third-order valence-electron chi connectivity index (χ3n) is 11.1. The second kappa shape index (κ2) is 13.4. The molecule has 2 aliphatic carbocycles. The van der Waals surface area contributed by atoms with Crippen LogP contribution >= 0.6 is 48.9 Å². The quantitative estimate of drug-likeness (QED) is 0.191. The van der Waals surface area contributed by atoms with Crippen LogP contribution in [0.3, 0.4) is 0 Å². The fraction of sp³-hybridized carbons (Fsp3) is 0.383. The second-order valence-electron chi connectivity index (χ2n) is 19.2. The zero-order valence-corrected chi connectivity index (χ0v) is 40.0. The van der Waals surface area contributed by atoms with Gasteiger partial charge in [-0.15, -0.1) is 0 Å². The van der Waals surface area contributed by atoms with Gasteiger partial charge in [-0.1, -0.05) is 0 Å². The Bertz CT molecular complexity index is 2080. The van der Waals surface area contributed by atoms with Crippen molar-refractivity contribution < 1.29 is 15.9 Å². The van der Waals surface area contributed by atoms with Gasteiger partial charge in [0.15, 0.2) is 0 Å². The Balaban J connectivity index is 1.94. The summed E-state index contributed by atoms with van der Waals surface area (Å²) >= 11 is 2.04. The number of hydrogen-bond donors (Lipinski definition) is 0. The first-order valence-electron chi connectivity index (χ1n) is 18.5. The average molecular weight is 941 g/mol. The molecule has 0 aliphatic heterocycles. The van der Waals surface area contributed by atoms with E-state index in [-0.39, 0.29) is 28.9 Å². The zero-order chi connectivity index (χ0) is 38.4. The summed E-state index contributed by atoms with van der Waals surface area (Å²) in [6.45, 7) is 28.1. The Morgan fingerprint density at radius 2 is 0.865 bits per heavy atom. The van der Waals surface area contributed by atoms with Gasteiger partial charge in [0.25, 0.3) is 0 Å². The molecule has 0 saturated heterocycles. The van der Waals surface area contributed by atoms with Crippen molar-refractivity contribution in [3.8, 4) is 11.1 Å². The summed E-state index contributed by atoms with van der Waals surface area (Å²) in [5.41, 5.74) is 12.4. The molecular formula is C47H54Br2Cl2Zr. The molecule has 4 aromatic carbocycles. The molecule has 0 unspecified atom stereocenters. The van der Waals surface area contributed by atoms with Gasteiger partial charge >= 0.3 is 342 Å². The Morgan fingerprint density at radius 1 is 0.519 bits per heavy atom. The molecule has 0 spiro atoms. The Hall–Kier alpha value is -1.35. The molecule has 0 nitrogen and oxygen atoms in total. The van der Waals surface area contributed by atoms with Gasteiger partial charge in [0.2, 0.25) is 0 Å². The first-order chi connectivity index (χ1) is 23.8. The van der Waals surface area contributed by atoms with Gasteiger partial charge in [0.05, 0.1) is 0 Å². The molecule has 5 heteroatoms. The zero-order valence-electron chi connectivity index (χ0n) is 32.9. The van der Waals surface area contributed by atoms with Crippen LogP contribution in [-0.2, 0) is 37.6 Å². The molecule has 0 fully saturated rings. The van der Waals surface area contributed by atoms with Crippen molar-refractivity contribution in [1.82, 2.24) is 0 Å². The van der Waals surface area contributed by atoms with Crippen molar-refractivity contribution in [3.63, 3.8) is 0 Å². The number of allylic oxidation sites excluding steroid dienone is 4. The molecule has 274 valence electrons. The Morgan fingerprint density at radius 3 is 1.19 bits per heavy atom. The van der Waals surface area contributed by atoms with E-state index in [9.17, 15) is 0 Å². The molecule has 52 heavy (non-hydrogen) atoms. The van der Waals surface area contributed by atoms with Crippen LogP contribution in [0.4, 0.5) is 0 Å². The maximum atomic E-state index is 9.00. The van der Waals surface area contributed by atoms with E-state index < -0.39 is 15.9 Å². The van der Waals surface area contributed by atoms with E-state index in [1.807, 2.05) is 0 Å². The molecule has 0 aromatic heterocycles. The summed E-state index contributed by atoms with van der Waals surface area (Å²) in [4.78, 5) is 0. The van der Waals surface area contributed by atoms with Crippen molar-refractivity contribution in [2.45, 2.75) is 112 Å². The molecule has 0 saturated carbocycles. The molecule has 0 bridgehead atoms. The summed E-state index contributed by atoms with van der Waals surface area (Å²) in [5.74, 6) is 0. The van der Waals surface area contributed by atoms with Crippen LogP contribution in [0, 0.1) is 0 Å². The van der Waals surface area contributed by atoms with E-state index in [1.54, 1.807) is 0 Å².